The summed E-state index contributed by atoms with van der Waals surface area (Å²) in [5.41, 5.74) is 18.9. The lowest BCUT2D eigenvalue weighted by molar-refractivity contribution is 1.32. The van der Waals surface area contributed by atoms with Crippen LogP contribution in [0.1, 0.15) is 44.5 Å². The molecule has 0 spiro atoms. The van der Waals surface area contributed by atoms with Crippen molar-refractivity contribution in [1.82, 2.24) is 19.9 Å². The van der Waals surface area contributed by atoms with Crippen LogP contribution in [0, 0.1) is 0 Å². The van der Waals surface area contributed by atoms with Crippen LogP contribution < -0.4 is 0 Å². The average Bonchev–Trinajstić information content (AvgIpc) is 4.18. The van der Waals surface area contributed by atoms with Gasteiger partial charge in [-0.15, -0.1) is 0 Å². The molecule has 0 fully saturated rings. The molecule has 2 aliphatic rings. The molecule has 0 bridgehead atoms. The number of nitrogens with zero attached hydrogens (tertiary/aromatic N) is 4. The zero-order valence-electron chi connectivity index (χ0n) is 43.6. The van der Waals surface area contributed by atoms with Gasteiger partial charge in [-0.25, -0.2) is 0 Å². The SMILES string of the molecule is C[Si]1(CC[Si]2(C)C(c3cccc4cccnc34)=C(c3ccccc3)C(c3ccccc3)=C2c2cccc3cccnc23)C(c2cccc3cccnc23)=C(c2ccccc2)C(c2ccccc2)=C1c1cccc2cccnc12. The number of aromatic nitrogens is 4. The topological polar surface area (TPSA) is 51.6 Å². The van der Waals surface area contributed by atoms with Crippen molar-refractivity contribution in [2.24, 2.45) is 0 Å². The molecule has 0 radical (unpaired) electrons. The molecule has 0 amide bonds. The van der Waals surface area contributed by atoms with Crippen molar-refractivity contribution in [3.05, 3.63) is 312 Å². The summed E-state index contributed by atoms with van der Waals surface area (Å²) >= 11 is 0. The van der Waals surface area contributed by atoms with Gasteiger partial charge in [0.25, 0.3) is 0 Å². The van der Waals surface area contributed by atoms with Crippen LogP contribution in [-0.2, 0) is 0 Å². The fourth-order valence-corrected chi connectivity index (χ4v) is 25.3. The third kappa shape index (κ3) is 7.70. The number of hydrogen-bond acceptors (Lipinski definition) is 4. The molecule has 6 heterocycles. The van der Waals surface area contributed by atoms with Crippen molar-refractivity contribution in [3.8, 4) is 0 Å². The van der Waals surface area contributed by atoms with Gasteiger partial charge in [0.15, 0.2) is 0 Å². The monoisotopic (exact) mass is 1030 g/mol. The molecule has 14 rings (SSSR count). The van der Waals surface area contributed by atoms with E-state index in [-0.39, 0.29) is 0 Å². The number of benzene rings is 8. The highest BCUT2D eigenvalue weighted by molar-refractivity contribution is 7.18. The van der Waals surface area contributed by atoms with E-state index in [0.717, 1.165) is 55.7 Å². The van der Waals surface area contributed by atoms with Crippen LogP contribution in [0.25, 0.3) is 86.7 Å². The van der Waals surface area contributed by atoms with E-state index in [2.05, 4.69) is 256 Å². The minimum atomic E-state index is -3.10. The Morgan fingerprint density at radius 3 is 0.692 bits per heavy atom. The maximum Gasteiger partial charge on any atom is 0.118 e. The smallest absolute Gasteiger partial charge is 0.118 e. The summed E-state index contributed by atoms with van der Waals surface area (Å²) in [5, 5.41) is 10.2. The largest absolute Gasteiger partial charge is 0.256 e. The van der Waals surface area contributed by atoms with Crippen molar-refractivity contribution >= 4 is 103 Å². The first-order chi connectivity index (χ1) is 38.5. The van der Waals surface area contributed by atoms with Gasteiger partial charge in [-0.1, -0.05) is 244 Å². The van der Waals surface area contributed by atoms with Crippen molar-refractivity contribution in [3.63, 3.8) is 0 Å². The van der Waals surface area contributed by atoms with E-state index >= 15 is 0 Å². The lowest BCUT2D eigenvalue weighted by atomic mass is 9.88. The van der Waals surface area contributed by atoms with Gasteiger partial charge in [0.2, 0.25) is 0 Å². The van der Waals surface area contributed by atoms with E-state index in [1.807, 2.05) is 24.8 Å². The molecule has 8 aromatic carbocycles. The van der Waals surface area contributed by atoms with Gasteiger partial charge in [0, 0.05) is 68.6 Å². The normalized spacial score (nSPS) is 15.2. The molecule has 4 aromatic heterocycles. The maximum absolute atomic E-state index is 5.30. The molecule has 0 saturated carbocycles. The Kier molecular flexibility index (Phi) is 11.8. The molecule has 0 aliphatic carbocycles. The van der Waals surface area contributed by atoms with Crippen molar-refractivity contribution < 1.29 is 0 Å². The van der Waals surface area contributed by atoms with E-state index in [0.29, 0.717) is 0 Å². The molecule has 0 atom stereocenters. The number of allylic oxidation sites excluding steroid dienone is 4. The summed E-state index contributed by atoms with van der Waals surface area (Å²) in [4.78, 5) is 21.2. The predicted molar refractivity (Wildman–Crippen MR) is 333 cm³/mol. The molecular formula is C72H54N4Si2. The van der Waals surface area contributed by atoms with Crippen LogP contribution in [0.5, 0.6) is 0 Å². The standard InChI is InChI=1S/C72H54N4Si2/c1-77(69(57-39-15-31-53-35-19-43-73-65(53)57)61(49-23-7-3-8-24-49)62(50-25-9-4-10-26-50)70(77)58-40-16-32-54-36-20-44-74-66(54)58)47-48-78(2)71(59-41-17-33-55-37-21-45-75-67(55)59)63(51-27-11-5-12-28-51)64(52-29-13-6-14-30-52)72(78)60-42-18-34-56-38-22-46-76-68(56)60/h3-46H,47-48H2,1-2H3. The van der Waals surface area contributed by atoms with Crippen LogP contribution in [0.4, 0.5) is 0 Å². The molecule has 0 unspecified atom stereocenters. The number of rotatable bonds is 11. The Balaban J connectivity index is 1.13. The first-order valence-corrected chi connectivity index (χ1v) is 32.5. The van der Waals surface area contributed by atoms with Crippen LogP contribution in [0.3, 0.4) is 0 Å². The van der Waals surface area contributed by atoms with Crippen LogP contribution in [-0.4, -0.2) is 36.1 Å². The van der Waals surface area contributed by atoms with Crippen molar-refractivity contribution in [2.45, 2.75) is 25.2 Å². The van der Waals surface area contributed by atoms with Gasteiger partial charge in [0.1, 0.15) is 16.1 Å². The van der Waals surface area contributed by atoms with E-state index in [1.165, 1.54) is 87.6 Å². The Morgan fingerprint density at radius 2 is 0.462 bits per heavy atom. The first-order valence-electron chi connectivity index (χ1n) is 27.1. The second-order valence-electron chi connectivity index (χ2n) is 21.2. The summed E-state index contributed by atoms with van der Waals surface area (Å²) in [6, 6.07) is 91.1. The highest BCUT2D eigenvalue weighted by atomic mass is 28.3. The fraction of sp³-hybridized carbons (Fsp3) is 0.0556. The Hall–Kier alpha value is -9.21. The molecule has 4 nitrogen and oxygen atoms in total. The molecule has 0 saturated heterocycles. The molecule has 78 heavy (non-hydrogen) atoms. The fourth-order valence-electron chi connectivity index (χ4n) is 13.4. The zero-order chi connectivity index (χ0) is 52.2. The third-order valence-corrected chi connectivity index (χ3v) is 26.2. The van der Waals surface area contributed by atoms with E-state index in [9.17, 15) is 0 Å². The van der Waals surface area contributed by atoms with E-state index in [4.69, 9.17) is 19.9 Å². The maximum atomic E-state index is 5.30. The summed E-state index contributed by atoms with van der Waals surface area (Å²) in [6.07, 6.45) is 7.88. The van der Waals surface area contributed by atoms with E-state index in [1.54, 1.807) is 0 Å². The van der Waals surface area contributed by atoms with Crippen LogP contribution in [0.2, 0.25) is 25.2 Å². The Labute approximate surface area is 457 Å². The quantitative estimate of drug-likeness (QED) is 0.121. The lowest BCUT2D eigenvalue weighted by Gasteiger charge is -2.37. The summed E-state index contributed by atoms with van der Waals surface area (Å²) in [6.45, 7) is 5.38. The van der Waals surface area contributed by atoms with Gasteiger partial charge in [-0.05, 0) is 89.6 Å². The molecule has 2 aliphatic heterocycles. The number of pyridine rings is 4. The average molecular weight is 1030 g/mol. The molecule has 370 valence electrons. The number of fused-ring (bicyclic) bond motifs is 4. The van der Waals surface area contributed by atoms with Crippen LogP contribution >= 0.6 is 0 Å². The Morgan fingerprint density at radius 1 is 0.244 bits per heavy atom. The lowest BCUT2D eigenvalue weighted by Crippen LogP contribution is -2.40. The predicted octanol–water partition coefficient (Wildman–Crippen LogP) is 18.0. The van der Waals surface area contributed by atoms with Gasteiger partial charge in [-0.3, -0.25) is 19.9 Å². The molecule has 0 N–H and O–H groups in total. The zero-order valence-corrected chi connectivity index (χ0v) is 45.6. The van der Waals surface area contributed by atoms with Crippen molar-refractivity contribution in [2.75, 3.05) is 0 Å². The molecule has 6 heteroatoms. The first kappa shape index (κ1) is 47.3. The number of hydrogen-bond donors (Lipinski definition) is 0. The molecular weight excluding hydrogens is 977 g/mol. The van der Waals surface area contributed by atoms with Crippen LogP contribution in [0.15, 0.2) is 267 Å². The van der Waals surface area contributed by atoms with Gasteiger partial charge >= 0.3 is 0 Å². The third-order valence-electron chi connectivity index (χ3n) is 16.7. The minimum absolute atomic E-state index is 0.924. The van der Waals surface area contributed by atoms with Gasteiger partial charge in [-0.2, -0.15) is 0 Å². The summed E-state index contributed by atoms with van der Waals surface area (Å²) in [5.74, 6) is 0. The minimum Gasteiger partial charge on any atom is -0.256 e. The van der Waals surface area contributed by atoms with E-state index < -0.39 is 16.1 Å². The number of para-hydroxylation sites is 4. The second-order valence-corrected chi connectivity index (χ2v) is 29.5. The highest BCUT2D eigenvalue weighted by Gasteiger charge is 2.53. The highest BCUT2D eigenvalue weighted by Crippen LogP contribution is 2.63. The second kappa shape index (κ2) is 19.4. The molecule has 12 aromatic rings. The summed E-state index contributed by atoms with van der Waals surface area (Å²) < 4.78 is 0. The van der Waals surface area contributed by atoms with Crippen molar-refractivity contribution in [1.29, 1.82) is 0 Å². The summed E-state index contributed by atoms with van der Waals surface area (Å²) in [7, 11) is -6.20. The Bertz CT molecular complexity index is 3860. The van der Waals surface area contributed by atoms with Gasteiger partial charge in [0.05, 0.1) is 22.1 Å². The van der Waals surface area contributed by atoms with Gasteiger partial charge < -0.3 is 0 Å².